The molecule has 6 nitrogen and oxygen atoms in total. The highest BCUT2D eigenvalue weighted by atomic mass is 32.1. The molecule has 1 aromatic heterocycles. The van der Waals surface area contributed by atoms with Crippen LogP contribution in [-0.2, 0) is 4.79 Å². The molecule has 2 aromatic rings. The van der Waals surface area contributed by atoms with Crippen LogP contribution in [-0.4, -0.2) is 30.2 Å². The molecule has 0 aliphatic carbocycles. The minimum Gasteiger partial charge on any atom is -0.497 e. The third kappa shape index (κ3) is 3.63. The summed E-state index contributed by atoms with van der Waals surface area (Å²) in [5.41, 5.74) is 0.716. The fraction of sp³-hybridized carbons (Fsp3) is 0.357. The largest absolute Gasteiger partial charge is 0.497 e. The molecule has 1 heterocycles. The number of anilines is 1. The maximum atomic E-state index is 11.6. The van der Waals surface area contributed by atoms with Gasteiger partial charge in [0, 0.05) is 12.0 Å². The predicted octanol–water partition coefficient (Wildman–Crippen LogP) is 2.78. The van der Waals surface area contributed by atoms with Crippen molar-refractivity contribution in [1.82, 2.24) is 10.3 Å². The Morgan fingerprint density at radius 2 is 2.05 bits per heavy atom. The van der Waals surface area contributed by atoms with Gasteiger partial charge in [0.1, 0.15) is 17.0 Å². The number of methoxy groups -OCH3 is 2. The Labute approximate surface area is 137 Å². The highest BCUT2D eigenvalue weighted by Gasteiger charge is 2.14. The quantitative estimate of drug-likeness (QED) is 0.835. The van der Waals surface area contributed by atoms with Crippen molar-refractivity contribution in [2.24, 2.45) is 5.92 Å². The van der Waals surface area contributed by atoms with E-state index in [9.17, 15) is 4.79 Å². The Morgan fingerprint density at radius 3 is 2.64 bits per heavy atom. The number of rotatable bonds is 4. The van der Waals surface area contributed by atoms with Crippen molar-refractivity contribution in [3.63, 3.8) is 0 Å². The Kier molecular flexibility index (Phi) is 5.15. The van der Waals surface area contributed by atoms with Gasteiger partial charge in [-0.1, -0.05) is 25.2 Å². The summed E-state index contributed by atoms with van der Waals surface area (Å²) in [4.78, 5) is 16.0. The number of nitrogens with zero attached hydrogens (tertiary/aromatic N) is 1. The molecular formula is C14H17N3O3S2. The summed E-state index contributed by atoms with van der Waals surface area (Å²) >= 11 is 6.51. The Balaban J connectivity index is 2.22. The summed E-state index contributed by atoms with van der Waals surface area (Å²) in [5, 5.41) is 6.34. The highest BCUT2D eigenvalue weighted by molar-refractivity contribution is 7.80. The zero-order chi connectivity index (χ0) is 16.3. The standard InChI is InChI=1S/C14H17N3O3S2/c1-7(2)12(18)16-13(21)17-14-15-11-9(20-4)5-8(19-3)6-10(11)22-14/h5-7H,1-4H3,(H2,15,16,17,18,21). The number of ether oxygens (including phenoxy) is 2. The van der Waals surface area contributed by atoms with Gasteiger partial charge in [-0.2, -0.15) is 0 Å². The van der Waals surface area contributed by atoms with Crippen LogP contribution < -0.4 is 20.1 Å². The number of carbonyl (C=O) groups excluding carboxylic acids is 1. The molecule has 2 rings (SSSR count). The van der Waals surface area contributed by atoms with Crippen LogP contribution in [0.3, 0.4) is 0 Å². The second-order valence-corrected chi connectivity index (χ2v) is 6.23. The first-order chi connectivity index (χ1) is 10.4. The number of thiocarbonyl (C=S) groups is 1. The first-order valence-electron chi connectivity index (χ1n) is 6.59. The second-order valence-electron chi connectivity index (χ2n) is 4.79. The van der Waals surface area contributed by atoms with Gasteiger partial charge in [-0.25, -0.2) is 4.98 Å². The van der Waals surface area contributed by atoms with Crippen LogP contribution in [0.1, 0.15) is 13.8 Å². The number of hydrogen-bond acceptors (Lipinski definition) is 6. The molecule has 0 bridgehead atoms. The number of benzene rings is 1. The fourth-order valence-electron chi connectivity index (χ4n) is 1.69. The number of hydrogen-bond donors (Lipinski definition) is 2. The number of carbonyl (C=O) groups is 1. The van der Waals surface area contributed by atoms with Crippen molar-refractivity contribution in [2.45, 2.75) is 13.8 Å². The molecule has 0 spiro atoms. The van der Waals surface area contributed by atoms with Crippen LogP contribution in [0.15, 0.2) is 12.1 Å². The third-order valence-corrected chi connectivity index (χ3v) is 3.99. The lowest BCUT2D eigenvalue weighted by molar-refractivity contribution is -0.122. The number of fused-ring (bicyclic) bond motifs is 1. The average Bonchev–Trinajstić information content (AvgIpc) is 2.87. The number of aromatic nitrogens is 1. The number of amides is 1. The van der Waals surface area contributed by atoms with Gasteiger partial charge in [-0.05, 0) is 18.3 Å². The smallest absolute Gasteiger partial charge is 0.228 e. The topological polar surface area (TPSA) is 72.5 Å². The van der Waals surface area contributed by atoms with E-state index in [1.54, 1.807) is 34.1 Å². The van der Waals surface area contributed by atoms with Crippen molar-refractivity contribution in [2.75, 3.05) is 19.5 Å². The lowest BCUT2D eigenvalue weighted by Crippen LogP contribution is -2.36. The van der Waals surface area contributed by atoms with Crippen molar-refractivity contribution in [3.05, 3.63) is 12.1 Å². The van der Waals surface area contributed by atoms with Crippen molar-refractivity contribution >= 4 is 49.9 Å². The highest BCUT2D eigenvalue weighted by Crippen LogP contribution is 2.36. The summed E-state index contributed by atoms with van der Waals surface area (Å²) in [6.07, 6.45) is 0. The molecule has 0 atom stereocenters. The predicted molar refractivity (Wildman–Crippen MR) is 91.9 cm³/mol. The van der Waals surface area contributed by atoms with Crippen LogP contribution in [0.4, 0.5) is 5.13 Å². The zero-order valence-electron chi connectivity index (χ0n) is 12.7. The third-order valence-electron chi connectivity index (χ3n) is 2.87. The van der Waals surface area contributed by atoms with E-state index in [4.69, 9.17) is 21.7 Å². The molecule has 0 radical (unpaired) electrons. The Morgan fingerprint density at radius 1 is 1.32 bits per heavy atom. The molecule has 2 N–H and O–H groups in total. The van der Waals surface area contributed by atoms with E-state index in [0.29, 0.717) is 22.1 Å². The number of nitrogens with one attached hydrogen (secondary N) is 2. The maximum absolute atomic E-state index is 11.6. The summed E-state index contributed by atoms with van der Waals surface area (Å²) in [7, 11) is 3.17. The molecule has 0 aliphatic heterocycles. The van der Waals surface area contributed by atoms with Gasteiger partial charge < -0.3 is 20.1 Å². The van der Waals surface area contributed by atoms with Crippen molar-refractivity contribution in [1.29, 1.82) is 0 Å². The first kappa shape index (κ1) is 16.4. The van der Waals surface area contributed by atoms with Crippen LogP contribution in [0, 0.1) is 5.92 Å². The molecule has 1 amide bonds. The molecule has 118 valence electrons. The van der Waals surface area contributed by atoms with E-state index in [1.807, 2.05) is 6.07 Å². The molecule has 0 saturated carbocycles. The number of thiazole rings is 1. The average molecular weight is 339 g/mol. The fourth-order valence-corrected chi connectivity index (χ4v) is 2.86. The molecular weight excluding hydrogens is 322 g/mol. The molecule has 0 saturated heterocycles. The van der Waals surface area contributed by atoms with Gasteiger partial charge in [0.25, 0.3) is 0 Å². The molecule has 22 heavy (non-hydrogen) atoms. The van der Waals surface area contributed by atoms with Crippen LogP contribution in [0.5, 0.6) is 11.5 Å². The van der Waals surface area contributed by atoms with Crippen LogP contribution >= 0.6 is 23.6 Å². The normalized spacial score (nSPS) is 10.6. The molecule has 0 fully saturated rings. The minimum atomic E-state index is -0.141. The van der Waals surface area contributed by atoms with Gasteiger partial charge >= 0.3 is 0 Å². The Hall–Kier alpha value is -1.93. The summed E-state index contributed by atoms with van der Waals surface area (Å²) in [6.45, 7) is 3.60. The lowest BCUT2D eigenvalue weighted by atomic mass is 10.2. The van der Waals surface area contributed by atoms with E-state index >= 15 is 0 Å². The van der Waals surface area contributed by atoms with Crippen LogP contribution in [0.25, 0.3) is 10.2 Å². The van der Waals surface area contributed by atoms with E-state index in [1.165, 1.54) is 11.3 Å². The summed E-state index contributed by atoms with van der Waals surface area (Å²) in [6, 6.07) is 3.64. The van der Waals surface area contributed by atoms with Gasteiger partial charge in [0.2, 0.25) is 5.91 Å². The molecule has 0 unspecified atom stereocenters. The van der Waals surface area contributed by atoms with E-state index in [2.05, 4.69) is 15.6 Å². The molecule has 8 heteroatoms. The Bertz CT molecular complexity index is 713. The molecule has 0 aliphatic rings. The van der Waals surface area contributed by atoms with Gasteiger partial charge in [0.15, 0.2) is 10.2 Å². The van der Waals surface area contributed by atoms with Crippen molar-refractivity contribution < 1.29 is 14.3 Å². The van der Waals surface area contributed by atoms with Gasteiger partial charge in [-0.3, -0.25) is 4.79 Å². The van der Waals surface area contributed by atoms with Crippen molar-refractivity contribution in [3.8, 4) is 11.5 Å². The van der Waals surface area contributed by atoms with E-state index in [0.717, 1.165) is 4.70 Å². The van der Waals surface area contributed by atoms with Gasteiger partial charge in [-0.15, -0.1) is 0 Å². The lowest BCUT2D eigenvalue weighted by Gasteiger charge is -2.08. The van der Waals surface area contributed by atoms with Crippen LogP contribution in [0.2, 0.25) is 0 Å². The minimum absolute atomic E-state index is 0.139. The van der Waals surface area contributed by atoms with Gasteiger partial charge in [0.05, 0.1) is 18.9 Å². The summed E-state index contributed by atoms with van der Waals surface area (Å²) < 4.78 is 11.4. The monoisotopic (exact) mass is 339 g/mol. The van der Waals surface area contributed by atoms with E-state index in [-0.39, 0.29) is 16.9 Å². The molecule has 1 aromatic carbocycles. The zero-order valence-corrected chi connectivity index (χ0v) is 14.4. The maximum Gasteiger partial charge on any atom is 0.228 e. The second kappa shape index (κ2) is 6.89. The summed E-state index contributed by atoms with van der Waals surface area (Å²) in [5.74, 6) is 1.03. The first-order valence-corrected chi connectivity index (χ1v) is 7.81. The SMILES string of the molecule is COc1cc(OC)c2nc(NC(=S)NC(=O)C(C)C)sc2c1. The van der Waals surface area contributed by atoms with E-state index < -0.39 is 0 Å².